The highest BCUT2D eigenvalue weighted by Crippen LogP contribution is 2.23. The Morgan fingerprint density at radius 2 is 2.11 bits per heavy atom. The number of aromatic nitrogens is 2. The standard InChI is InChI=1S/C20H19N5O.ClH/c1-13(18-10-15-5-3-4-6-17(15)24-18)25(2)19(26)8-7-14-9-16(11-21)20(22)23-12-14;/h3-10,12-13,24H,1-2H3,(H2,22,23);1H. The normalized spacial score (nSPS) is 11.7. The first-order valence-electron chi connectivity index (χ1n) is 8.17. The second-order valence-corrected chi connectivity index (χ2v) is 6.08. The molecule has 27 heavy (non-hydrogen) atoms. The van der Waals surface area contributed by atoms with E-state index in [1.165, 1.54) is 12.3 Å². The van der Waals surface area contributed by atoms with Gasteiger partial charge < -0.3 is 15.6 Å². The Morgan fingerprint density at radius 3 is 2.81 bits per heavy atom. The number of amides is 1. The molecular formula is C20H20ClN5O. The van der Waals surface area contributed by atoms with Crippen LogP contribution in [-0.4, -0.2) is 27.8 Å². The third-order valence-corrected chi connectivity index (χ3v) is 4.41. The van der Waals surface area contributed by atoms with Gasteiger partial charge in [0, 0.05) is 30.5 Å². The Balaban J connectivity index is 0.00000261. The lowest BCUT2D eigenvalue weighted by Gasteiger charge is -2.22. The van der Waals surface area contributed by atoms with Crippen molar-refractivity contribution in [2.75, 3.05) is 12.8 Å². The van der Waals surface area contributed by atoms with Crippen LogP contribution in [0.1, 0.15) is 29.8 Å². The van der Waals surface area contributed by atoms with Gasteiger partial charge in [-0.25, -0.2) is 4.98 Å². The minimum atomic E-state index is -0.147. The number of nitriles is 1. The Bertz CT molecular complexity index is 1000. The van der Waals surface area contributed by atoms with E-state index in [2.05, 4.69) is 16.0 Å². The molecule has 7 heteroatoms. The smallest absolute Gasteiger partial charge is 0.246 e. The first kappa shape index (κ1) is 20.0. The largest absolute Gasteiger partial charge is 0.383 e. The van der Waals surface area contributed by atoms with E-state index in [1.807, 2.05) is 37.3 Å². The van der Waals surface area contributed by atoms with Crippen LogP contribution in [0.25, 0.3) is 17.0 Å². The van der Waals surface area contributed by atoms with Gasteiger partial charge in [0.05, 0.1) is 11.6 Å². The van der Waals surface area contributed by atoms with Crippen LogP contribution in [-0.2, 0) is 4.79 Å². The van der Waals surface area contributed by atoms with Gasteiger partial charge >= 0.3 is 0 Å². The zero-order valence-corrected chi connectivity index (χ0v) is 15.8. The summed E-state index contributed by atoms with van der Waals surface area (Å²) in [6, 6.07) is 13.5. The second-order valence-electron chi connectivity index (χ2n) is 6.08. The van der Waals surface area contributed by atoms with Crippen LogP contribution >= 0.6 is 12.4 Å². The van der Waals surface area contributed by atoms with Gasteiger partial charge in [-0.2, -0.15) is 5.26 Å². The molecule has 0 bridgehead atoms. The lowest BCUT2D eigenvalue weighted by atomic mass is 10.1. The van der Waals surface area contributed by atoms with Crippen molar-refractivity contribution in [3.8, 4) is 6.07 Å². The van der Waals surface area contributed by atoms with Crippen molar-refractivity contribution in [2.45, 2.75) is 13.0 Å². The Labute approximate surface area is 163 Å². The first-order valence-corrected chi connectivity index (χ1v) is 8.17. The highest BCUT2D eigenvalue weighted by Gasteiger charge is 2.17. The Hall–Kier alpha value is -3.30. The molecule has 138 valence electrons. The third kappa shape index (κ3) is 4.27. The number of benzene rings is 1. The van der Waals surface area contributed by atoms with Crippen LogP contribution < -0.4 is 5.73 Å². The third-order valence-electron chi connectivity index (χ3n) is 4.41. The first-order chi connectivity index (χ1) is 12.5. The molecule has 0 fully saturated rings. The van der Waals surface area contributed by atoms with Gasteiger partial charge in [0.2, 0.25) is 5.91 Å². The second kappa shape index (κ2) is 8.39. The minimum Gasteiger partial charge on any atom is -0.383 e. The van der Waals surface area contributed by atoms with Gasteiger partial charge in [-0.05, 0) is 42.1 Å². The topological polar surface area (TPSA) is 98.8 Å². The Kier molecular flexibility index (Phi) is 6.22. The van der Waals surface area contributed by atoms with Crippen LogP contribution in [0.2, 0.25) is 0 Å². The molecule has 1 amide bonds. The van der Waals surface area contributed by atoms with Gasteiger partial charge in [0.1, 0.15) is 11.9 Å². The molecule has 0 saturated carbocycles. The molecule has 1 aromatic carbocycles. The zero-order chi connectivity index (χ0) is 18.7. The highest BCUT2D eigenvalue weighted by atomic mass is 35.5. The van der Waals surface area contributed by atoms with Crippen LogP contribution in [0.15, 0.2) is 48.7 Å². The molecule has 2 heterocycles. The lowest BCUT2D eigenvalue weighted by Crippen LogP contribution is -2.28. The van der Waals surface area contributed by atoms with E-state index in [0.29, 0.717) is 11.1 Å². The van der Waals surface area contributed by atoms with Crippen molar-refractivity contribution >= 4 is 41.1 Å². The predicted octanol–water partition coefficient (Wildman–Crippen LogP) is 3.67. The lowest BCUT2D eigenvalue weighted by molar-refractivity contribution is -0.126. The van der Waals surface area contributed by atoms with Crippen LogP contribution in [0.3, 0.4) is 0 Å². The number of likely N-dealkylation sites (N-methyl/N-ethyl adjacent to an activating group) is 1. The number of anilines is 1. The molecule has 3 N–H and O–H groups in total. The maximum Gasteiger partial charge on any atom is 0.246 e. The molecule has 0 aliphatic rings. The Morgan fingerprint density at radius 1 is 1.37 bits per heavy atom. The average Bonchev–Trinajstić information content (AvgIpc) is 3.10. The van der Waals surface area contributed by atoms with Crippen molar-refractivity contribution in [1.82, 2.24) is 14.9 Å². The van der Waals surface area contributed by atoms with Crippen molar-refractivity contribution in [1.29, 1.82) is 5.26 Å². The van der Waals surface area contributed by atoms with E-state index in [9.17, 15) is 4.79 Å². The number of halogens is 1. The average molecular weight is 382 g/mol. The number of carbonyl (C=O) groups is 1. The fraction of sp³-hybridized carbons (Fsp3) is 0.150. The predicted molar refractivity (Wildman–Crippen MR) is 109 cm³/mol. The number of rotatable bonds is 4. The summed E-state index contributed by atoms with van der Waals surface area (Å²) < 4.78 is 0. The number of hydrogen-bond donors (Lipinski definition) is 2. The molecule has 0 aliphatic carbocycles. The van der Waals surface area contributed by atoms with E-state index in [0.717, 1.165) is 16.6 Å². The van der Waals surface area contributed by atoms with E-state index in [-0.39, 0.29) is 30.2 Å². The number of H-pyrrole nitrogens is 1. The fourth-order valence-corrected chi connectivity index (χ4v) is 2.68. The molecule has 0 saturated heterocycles. The summed E-state index contributed by atoms with van der Waals surface area (Å²) in [5.74, 6) is 0.0343. The number of fused-ring (bicyclic) bond motifs is 1. The maximum atomic E-state index is 12.5. The summed E-state index contributed by atoms with van der Waals surface area (Å²) in [5.41, 5.74) is 8.56. The van der Waals surface area contributed by atoms with E-state index < -0.39 is 0 Å². The van der Waals surface area contributed by atoms with Gasteiger partial charge in [-0.15, -0.1) is 12.4 Å². The molecule has 1 atom stereocenters. The molecule has 3 rings (SSSR count). The number of para-hydroxylation sites is 1. The quantitative estimate of drug-likeness (QED) is 0.673. The number of carbonyl (C=O) groups excluding carboxylic acids is 1. The number of nitrogen functional groups attached to an aromatic ring is 1. The summed E-state index contributed by atoms with van der Waals surface area (Å²) in [6.45, 7) is 1.97. The zero-order valence-electron chi connectivity index (χ0n) is 15.0. The van der Waals surface area contributed by atoms with Crippen LogP contribution in [0.5, 0.6) is 0 Å². The number of nitrogens with zero attached hydrogens (tertiary/aromatic N) is 3. The molecule has 3 aromatic rings. The highest BCUT2D eigenvalue weighted by molar-refractivity contribution is 5.92. The SMILES string of the molecule is CC(c1cc2ccccc2[nH]1)N(C)C(=O)C=Cc1cnc(N)c(C#N)c1.Cl. The van der Waals surface area contributed by atoms with Crippen molar-refractivity contribution in [3.63, 3.8) is 0 Å². The van der Waals surface area contributed by atoms with E-state index in [1.54, 1.807) is 24.1 Å². The van der Waals surface area contributed by atoms with Crippen molar-refractivity contribution < 1.29 is 4.79 Å². The summed E-state index contributed by atoms with van der Waals surface area (Å²) in [5, 5.41) is 10.1. The molecule has 1 unspecified atom stereocenters. The number of nitrogens with one attached hydrogen (secondary N) is 1. The molecule has 0 radical (unpaired) electrons. The van der Waals surface area contributed by atoms with Crippen molar-refractivity contribution in [3.05, 3.63) is 65.5 Å². The van der Waals surface area contributed by atoms with Gasteiger partial charge in [0.25, 0.3) is 0 Å². The van der Waals surface area contributed by atoms with E-state index in [4.69, 9.17) is 11.0 Å². The van der Waals surface area contributed by atoms with Crippen LogP contribution in [0, 0.1) is 11.3 Å². The maximum absolute atomic E-state index is 12.5. The number of nitrogens with two attached hydrogens (primary N) is 1. The number of hydrogen-bond acceptors (Lipinski definition) is 4. The molecule has 0 aliphatic heterocycles. The monoisotopic (exact) mass is 381 g/mol. The van der Waals surface area contributed by atoms with Gasteiger partial charge in [0.15, 0.2) is 0 Å². The van der Waals surface area contributed by atoms with Crippen LogP contribution in [0.4, 0.5) is 5.82 Å². The molecular weight excluding hydrogens is 362 g/mol. The summed E-state index contributed by atoms with van der Waals surface area (Å²) >= 11 is 0. The van der Waals surface area contributed by atoms with Gasteiger partial charge in [-0.3, -0.25) is 4.79 Å². The summed E-state index contributed by atoms with van der Waals surface area (Å²) in [6.07, 6.45) is 4.62. The number of aromatic amines is 1. The molecule has 6 nitrogen and oxygen atoms in total. The summed E-state index contributed by atoms with van der Waals surface area (Å²) in [7, 11) is 1.75. The molecule has 2 aromatic heterocycles. The number of pyridine rings is 1. The van der Waals surface area contributed by atoms with Gasteiger partial charge in [-0.1, -0.05) is 18.2 Å². The molecule has 0 spiro atoms. The fourth-order valence-electron chi connectivity index (χ4n) is 2.68. The summed E-state index contributed by atoms with van der Waals surface area (Å²) in [4.78, 5) is 21.4. The minimum absolute atomic E-state index is 0. The van der Waals surface area contributed by atoms with Crippen molar-refractivity contribution in [2.24, 2.45) is 0 Å². The van der Waals surface area contributed by atoms with E-state index >= 15 is 0 Å².